The van der Waals surface area contributed by atoms with Crippen LogP contribution in [0.25, 0.3) is 0 Å². The second kappa shape index (κ2) is 9.56. The molecule has 1 aliphatic rings. The van der Waals surface area contributed by atoms with E-state index in [9.17, 15) is 9.59 Å². The van der Waals surface area contributed by atoms with Crippen LogP contribution in [0, 0.1) is 0 Å². The fourth-order valence-electron chi connectivity index (χ4n) is 4.65. The van der Waals surface area contributed by atoms with Gasteiger partial charge in [0.25, 0.3) is 0 Å². The van der Waals surface area contributed by atoms with E-state index in [0.29, 0.717) is 5.56 Å². The third-order valence-electron chi connectivity index (χ3n) is 6.10. The molecule has 1 heterocycles. The molecule has 174 valence electrons. The van der Waals surface area contributed by atoms with Crippen LogP contribution in [0.5, 0.6) is 0 Å². The maximum absolute atomic E-state index is 13.8. The Hall–Kier alpha value is -3.86. The first-order chi connectivity index (χ1) is 16.3. The van der Waals surface area contributed by atoms with Crippen LogP contribution in [0.3, 0.4) is 0 Å². The van der Waals surface area contributed by atoms with Gasteiger partial charge in [-0.3, -0.25) is 0 Å². The molecule has 2 atom stereocenters. The highest BCUT2D eigenvalue weighted by molar-refractivity contribution is 5.90. The fraction of sp³-hybridized carbons (Fsp3) is 0.241. The standard InChI is InChI=1S/C29H29NO4/c1-22(2)19-28(3)26(31)34-29(25-17-11-6-12-18-25,20-23-13-7-4-8-14-23)30(28)27(32)33-21-24-15-9-5-10-16-24/h4-18H,1,19-21H2,2-3H3/t28-,29?/m1/s1. The molecule has 34 heavy (non-hydrogen) atoms. The van der Waals surface area contributed by atoms with Gasteiger partial charge in [-0.15, -0.1) is 6.58 Å². The zero-order chi connectivity index (χ0) is 24.2. The molecule has 1 fully saturated rings. The van der Waals surface area contributed by atoms with Crippen molar-refractivity contribution < 1.29 is 19.1 Å². The van der Waals surface area contributed by atoms with Crippen LogP contribution >= 0.6 is 0 Å². The van der Waals surface area contributed by atoms with Crippen LogP contribution in [-0.4, -0.2) is 22.5 Å². The molecule has 1 unspecified atom stereocenters. The van der Waals surface area contributed by atoms with E-state index in [1.165, 1.54) is 4.90 Å². The Bertz CT molecular complexity index is 1160. The van der Waals surface area contributed by atoms with Crippen molar-refractivity contribution >= 4 is 12.1 Å². The molecule has 0 aromatic heterocycles. The van der Waals surface area contributed by atoms with Crippen molar-refractivity contribution in [2.45, 2.75) is 44.6 Å². The van der Waals surface area contributed by atoms with Gasteiger partial charge in [-0.1, -0.05) is 96.6 Å². The van der Waals surface area contributed by atoms with Crippen molar-refractivity contribution in [2.24, 2.45) is 0 Å². The Morgan fingerprint density at radius 1 is 0.912 bits per heavy atom. The van der Waals surface area contributed by atoms with Crippen molar-refractivity contribution in [3.05, 3.63) is 120 Å². The van der Waals surface area contributed by atoms with Crippen LogP contribution < -0.4 is 0 Å². The van der Waals surface area contributed by atoms with Crippen LogP contribution in [0.15, 0.2) is 103 Å². The van der Waals surface area contributed by atoms with Gasteiger partial charge in [0, 0.05) is 18.4 Å². The van der Waals surface area contributed by atoms with Gasteiger partial charge >= 0.3 is 12.1 Å². The molecule has 0 spiro atoms. The third kappa shape index (κ3) is 4.46. The van der Waals surface area contributed by atoms with Crippen molar-refractivity contribution in [3.8, 4) is 0 Å². The predicted molar refractivity (Wildman–Crippen MR) is 131 cm³/mol. The molecule has 1 amide bonds. The van der Waals surface area contributed by atoms with E-state index in [1.54, 1.807) is 6.92 Å². The molecule has 0 bridgehead atoms. The average molecular weight is 456 g/mol. The number of benzene rings is 3. The van der Waals surface area contributed by atoms with E-state index in [-0.39, 0.29) is 19.4 Å². The van der Waals surface area contributed by atoms with Gasteiger partial charge in [-0.05, 0) is 25.0 Å². The Morgan fingerprint density at radius 3 is 2.00 bits per heavy atom. The molecule has 0 saturated carbocycles. The second-order valence-electron chi connectivity index (χ2n) is 8.99. The zero-order valence-corrected chi connectivity index (χ0v) is 19.6. The summed E-state index contributed by atoms with van der Waals surface area (Å²) >= 11 is 0. The van der Waals surface area contributed by atoms with Crippen LogP contribution in [0.1, 0.15) is 37.0 Å². The maximum Gasteiger partial charge on any atom is 0.414 e. The topological polar surface area (TPSA) is 55.8 Å². The summed E-state index contributed by atoms with van der Waals surface area (Å²) in [5.74, 6) is -0.480. The summed E-state index contributed by atoms with van der Waals surface area (Å²) in [6.45, 7) is 7.66. The largest absolute Gasteiger partial charge is 0.444 e. The summed E-state index contributed by atoms with van der Waals surface area (Å²) < 4.78 is 12.0. The lowest BCUT2D eigenvalue weighted by atomic mass is 9.88. The Balaban J connectivity index is 1.82. The fourth-order valence-corrected chi connectivity index (χ4v) is 4.65. The van der Waals surface area contributed by atoms with E-state index >= 15 is 0 Å². The molecule has 4 rings (SSSR count). The molecule has 1 saturated heterocycles. The highest BCUT2D eigenvalue weighted by Gasteiger charge is 2.64. The number of carbonyl (C=O) groups is 2. The van der Waals surface area contributed by atoms with Gasteiger partial charge in [0.15, 0.2) is 0 Å². The van der Waals surface area contributed by atoms with Crippen molar-refractivity contribution in [2.75, 3.05) is 0 Å². The first kappa shape index (κ1) is 23.3. The monoisotopic (exact) mass is 455 g/mol. The molecule has 3 aromatic rings. The van der Waals surface area contributed by atoms with Gasteiger partial charge in [0.1, 0.15) is 12.1 Å². The summed E-state index contributed by atoms with van der Waals surface area (Å²) in [6.07, 6.45) is -0.0657. The van der Waals surface area contributed by atoms with E-state index < -0.39 is 23.3 Å². The normalized spacial score (nSPS) is 21.7. The molecule has 0 radical (unpaired) electrons. The smallest absolute Gasteiger partial charge is 0.414 e. The number of nitrogens with zero attached hydrogens (tertiary/aromatic N) is 1. The molecule has 1 aliphatic heterocycles. The first-order valence-electron chi connectivity index (χ1n) is 11.3. The number of hydrogen-bond donors (Lipinski definition) is 0. The molecule has 0 N–H and O–H groups in total. The SMILES string of the molecule is C=C(C)C[C@]1(C)C(=O)OC(Cc2ccccc2)(c2ccccc2)N1C(=O)OCc1ccccc1. The summed E-state index contributed by atoms with van der Waals surface area (Å²) in [6, 6.07) is 28.5. The van der Waals surface area contributed by atoms with E-state index in [2.05, 4.69) is 6.58 Å². The van der Waals surface area contributed by atoms with E-state index in [0.717, 1.165) is 16.7 Å². The van der Waals surface area contributed by atoms with Gasteiger partial charge in [0.05, 0.1) is 0 Å². The second-order valence-corrected chi connectivity index (χ2v) is 8.99. The van der Waals surface area contributed by atoms with Crippen molar-refractivity contribution in [1.29, 1.82) is 0 Å². The minimum absolute atomic E-state index is 0.0870. The predicted octanol–water partition coefficient (Wildman–Crippen LogP) is 6.00. The molecule has 5 heteroatoms. The lowest BCUT2D eigenvalue weighted by Gasteiger charge is -2.41. The summed E-state index contributed by atoms with van der Waals surface area (Å²) in [7, 11) is 0. The molecule has 3 aromatic carbocycles. The Kier molecular flexibility index (Phi) is 6.55. The van der Waals surface area contributed by atoms with Gasteiger partial charge in [-0.25, -0.2) is 14.5 Å². The lowest BCUT2D eigenvalue weighted by Crippen LogP contribution is -2.57. The average Bonchev–Trinajstić information content (AvgIpc) is 3.05. The van der Waals surface area contributed by atoms with Gasteiger partial charge in [0.2, 0.25) is 5.72 Å². The van der Waals surface area contributed by atoms with Crippen LogP contribution in [0.4, 0.5) is 4.79 Å². The summed E-state index contributed by atoms with van der Waals surface area (Å²) in [4.78, 5) is 28.8. The van der Waals surface area contributed by atoms with Crippen LogP contribution in [-0.2, 0) is 33.0 Å². The number of cyclic esters (lactones) is 1. The number of hydrogen-bond acceptors (Lipinski definition) is 4. The minimum atomic E-state index is -1.36. The highest BCUT2D eigenvalue weighted by Crippen LogP contribution is 2.48. The molecular formula is C29H29NO4. The van der Waals surface area contributed by atoms with E-state index in [4.69, 9.17) is 9.47 Å². The van der Waals surface area contributed by atoms with Crippen LogP contribution in [0.2, 0.25) is 0 Å². The molecule has 0 aliphatic carbocycles. The Labute approximate surface area is 200 Å². The van der Waals surface area contributed by atoms with E-state index in [1.807, 2.05) is 97.9 Å². The van der Waals surface area contributed by atoms with Gasteiger partial charge < -0.3 is 9.47 Å². The lowest BCUT2D eigenvalue weighted by molar-refractivity contribution is -0.155. The molecule has 5 nitrogen and oxygen atoms in total. The summed E-state index contributed by atoms with van der Waals surface area (Å²) in [5, 5.41) is 0. The quantitative estimate of drug-likeness (QED) is 0.324. The maximum atomic E-state index is 13.8. The summed E-state index contributed by atoms with van der Waals surface area (Å²) in [5.41, 5.74) is 0.622. The molecular weight excluding hydrogens is 426 g/mol. The van der Waals surface area contributed by atoms with Crippen molar-refractivity contribution in [3.63, 3.8) is 0 Å². The minimum Gasteiger partial charge on any atom is -0.444 e. The first-order valence-corrected chi connectivity index (χ1v) is 11.3. The Morgan fingerprint density at radius 2 is 1.44 bits per heavy atom. The third-order valence-corrected chi connectivity index (χ3v) is 6.10. The zero-order valence-electron chi connectivity index (χ0n) is 19.6. The number of amides is 1. The van der Waals surface area contributed by atoms with Gasteiger partial charge in [-0.2, -0.15) is 0 Å². The van der Waals surface area contributed by atoms with Crippen molar-refractivity contribution in [1.82, 2.24) is 4.90 Å². The number of esters is 1. The number of carbonyl (C=O) groups excluding carboxylic acids is 2. The highest BCUT2D eigenvalue weighted by atomic mass is 16.6. The number of ether oxygens (including phenoxy) is 2. The number of rotatable bonds is 7.